The molecule has 0 unspecified atom stereocenters. The lowest BCUT2D eigenvalue weighted by Gasteiger charge is -1.86. The van der Waals surface area contributed by atoms with Crippen LogP contribution in [0.25, 0.3) is 0 Å². The smallest absolute Gasteiger partial charge is 0.345 e. The number of hydrogen-bond donors (Lipinski definition) is 3. The summed E-state index contributed by atoms with van der Waals surface area (Å²) in [6.45, 7) is 0. The van der Waals surface area contributed by atoms with Crippen molar-refractivity contribution in [3.63, 3.8) is 0 Å². The van der Waals surface area contributed by atoms with E-state index in [1.165, 1.54) is 6.20 Å². The molecule has 0 aromatic carbocycles. The second kappa shape index (κ2) is 2.06. The Balaban J connectivity index is 2.57. The third kappa shape index (κ3) is 0.932. The van der Waals surface area contributed by atoms with Gasteiger partial charge < -0.3 is 10.5 Å². The quantitative estimate of drug-likeness (QED) is 0.426. The van der Waals surface area contributed by atoms with Crippen molar-refractivity contribution in [2.24, 2.45) is 0 Å². The van der Waals surface area contributed by atoms with E-state index >= 15 is 0 Å². The Bertz CT molecular complexity index is 144. The minimum atomic E-state index is -0.910. The second-order valence-corrected chi connectivity index (χ2v) is 2.01. The standard InChI is InChI=1S/C3H4N2O2S/c6-3(7)2-1-4-5-8-2/h1,4-5H,(H,6,7). The SMILES string of the molecule is O=C(O)C1=CNNS1. The van der Waals surface area contributed by atoms with E-state index < -0.39 is 5.97 Å². The molecule has 1 aliphatic heterocycles. The van der Waals surface area contributed by atoms with Gasteiger partial charge in [-0.05, 0) is 11.9 Å². The van der Waals surface area contributed by atoms with E-state index in [1.807, 2.05) is 0 Å². The molecule has 0 aromatic heterocycles. The molecule has 0 saturated carbocycles. The Labute approximate surface area is 50.1 Å². The van der Waals surface area contributed by atoms with Crippen LogP contribution in [0.15, 0.2) is 11.1 Å². The van der Waals surface area contributed by atoms with E-state index in [0.29, 0.717) is 0 Å². The Morgan fingerprint density at radius 1 is 1.88 bits per heavy atom. The number of hydrazine groups is 1. The van der Waals surface area contributed by atoms with Gasteiger partial charge in [0.1, 0.15) is 4.91 Å². The maximum absolute atomic E-state index is 10.0. The summed E-state index contributed by atoms with van der Waals surface area (Å²) in [5, 5.41) is 8.24. The molecule has 1 aliphatic rings. The molecule has 0 saturated heterocycles. The molecule has 8 heavy (non-hydrogen) atoms. The molecule has 0 spiro atoms. The molecule has 44 valence electrons. The summed E-state index contributed by atoms with van der Waals surface area (Å²) in [7, 11) is 0. The van der Waals surface area contributed by atoms with Gasteiger partial charge in [0.25, 0.3) is 0 Å². The molecule has 1 rings (SSSR count). The highest BCUT2D eigenvalue weighted by molar-refractivity contribution is 8.02. The number of aliphatic carboxylic acids is 1. The first-order chi connectivity index (χ1) is 3.80. The van der Waals surface area contributed by atoms with Gasteiger partial charge in [0.15, 0.2) is 0 Å². The lowest BCUT2D eigenvalue weighted by molar-refractivity contribution is -0.131. The van der Waals surface area contributed by atoms with Crippen LogP contribution in [-0.2, 0) is 4.79 Å². The van der Waals surface area contributed by atoms with Crippen molar-refractivity contribution in [3.05, 3.63) is 11.1 Å². The number of nitrogens with one attached hydrogen (secondary N) is 2. The summed E-state index contributed by atoms with van der Waals surface area (Å²) in [5.74, 6) is -0.910. The molecular weight excluding hydrogens is 128 g/mol. The van der Waals surface area contributed by atoms with Gasteiger partial charge in [-0.2, -0.15) is 4.83 Å². The maximum Gasteiger partial charge on any atom is 0.345 e. The van der Waals surface area contributed by atoms with Crippen LogP contribution in [0, 0.1) is 0 Å². The fourth-order valence-corrected chi connectivity index (χ4v) is 0.747. The fraction of sp³-hybridized carbons (Fsp3) is 0. The zero-order valence-corrected chi connectivity index (χ0v) is 4.66. The highest BCUT2D eigenvalue weighted by atomic mass is 32.2. The van der Waals surface area contributed by atoms with Crippen LogP contribution in [-0.4, -0.2) is 11.1 Å². The monoisotopic (exact) mass is 132 g/mol. The van der Waals surface area contributed by atoms with Gasteiger partial charge in [-0.25, -0.2) is 4.79 Å². The maximum atomic E-state index is 10.0. The molecule has 0 bridgehead atoms. The predicted molar refractivity (Wildman–Crippen MR) is 29.6 cm³/mol. The minimum Gasteiger partial charge on any atom is -0.477 e. The molecule has 0 amide bonds. The zero-order chi connectivity index (χ0) is 5.98. The topological polar surface area (TPSA) is 61.4 Å². The van der Waals surface area contributed by atoms with Crippen molar-refractivity contribution in [2.75, 3.05) is 0 Å². The van der Waals surface area contributed by atoms with Crippen LogP contribution in [0.3, 0.4) is 0 Å². The Morgan fingerprint density at radius 2 is 2.62 bits per heavy atom. The predicted octanol–water partition coefficient (Wildman–Crippen LogP) is -0.332. The van der Waals surface area contributed by atoms with Crippen molar-refractivity contribution in [1.82, 2.24) is 10.3 Å². The van der Waals surface area contributed by atoms with Crippen LogP contribution in [0.1, 0.15) is 0 Å². The summed E-state index contributed by atoms with van der Waals surface area (Å²) in [5.41, 5.74) is 2.52. The lowest BCUT2D eigenvalue weighted by atomic mass is 10.6. The first-order valence-corrected chi connectivity index (χ1v) is 2.73. The summed E-state index contributed by atoms with van der Waals surface area (Å²) < 4.78 is 0. The summed E-state index contributed by atoms with van der Waals surface area (Å²) in [4.78, 5) is 12.9. The average Bonchev–Trinajstić information content (AvgIpc) is 2.12. The van der Waals surface area contributed by atoms with Gasteiger partial charge in [-0.1, -0.05) is 0 Å². The molecule has 0 fully saturated rings. The summed E-state index contributed by atoms with van der Waals surface area (Å²) in [6.07, 6.45) is 1.40. The average molecular weight is 132 g/mol. The van der Waals surface area contributed by atoms with Crippen molar-refractivity contribution < 1.29 is 9.90 Å². The van der Waals surface area contributed by atoms with Crippen LogP contribution >= 0.6 is 11.9 Å². The van der Waals surface area contributed by atoms with E-state index in [9.17, 15) is 4.79 Å². The van der Waals surface area contributed by atoms with Gasteiger partial charge in [-0.15, -0.1) is 0 Å². The fourth-order valence-electron chi connectivity index (χ4n) is 0.314. The number of hydrogen-bond acceptors (Lipinski definition) is 4. The van der Waals surface area contributed by atoms with Crippen molar-refractivity contribution in [3.8, 4) is 0 Å². The van der Waals surface area contributed by atoms with Crippen molar-refractivity contribution >= 4 is 17.9 Å². The third-order valence-electron chi connectivity index (χ3n) is 0.634. The van der Waals surface area contributed by atoms with Gasteiger partial charge in [-0.3, -0.25) is 0 Å². The van der Waals surface area contributed by atoms with Gasteiger partial charge in [0.05, 0.1) is 0 Å². The normalized spacial score (nSPS) is 17.2. The van der Waals surface area contributed by atoms with Crippen LogP contribution in [0.5, 0.6) is 0 Å². The molecule has 1 heterocycles. The largest absolute Gasteiger partial charge is 0.477 e. The van der Waals surface area contributed by atoms with E-state index in [0.717, 1.165) is 11.9 Å². The number of carbonyl (C=O) groups is 1. The van der Waals surface area contributed by atoms with Crippen molar-refractivity contribution in [2.45, 2.75) is 0 Å². The molecule has 5 heteroatoms. The molecule has 0 aromatic rings. The Kier molecular flexibility index (Phi) is 1.40. The molecule has 3 N–H and O–H groups in total. The summed E-state index contributed by atoms with van der Waals surface area (Å²) >= 11 is 1.05. The summed E-state index contributed by atoms with van der Waals surface area (Å²) in [6, 6.07) is 0. The highest BCUT2D eigenvalue weighted by Crippen LogP contribution is 2.12. The second-order valence-electron chi connectivity index (χ2n) is 1.16. The molecule has 0 radical (unpaired) electrons. The molecular formula is C3H4N2O2S. The molecule has 4 nitrogen and oxygen atoms in total. The van der Waals surface area contributed by atoms with E-state index in [1.54, 1.807) is 0 Å². The van der Waals surface area contributed by atoms with E-state index in [4.69, 9.17) is 5.11 Å². The first-order valence-electron chi connectivity index (χ1n) is 1.91. The molecule has 0 aliphatic carbocycles. The van der Waals surface area contributed by atoms with Crippen LogP contribution in [0.2, 0.25) is 0 Å². The number of carboxylic acid groups (broad SMARTS) is 1. The number of rotatable bonds is 1. The zero-order valence-electron chi connectivity index (χ0n) is 3.84. The first kappa shape index (κ1) is 5.46. The number of carboxylic acids is 1. The van der Waals surface area contributed by atoms with Crippen LogP contribution in [0.4, 0.5) is 0 Å². The Morgan fingerprint density at radius 3 is 2.88 bits per heavy atom. The van der Waals surface area contributed by atoms with Crippen LogP contribution < -0.4 is 10.3 Å². The highest BCUT2D eigenvalue weighted by Gasteiger charge is 2.10. The van der Waals surface area contributed by atoms with Gasteiger partial charge >= 0.3 is 5.97 Å². The third-order valence-corrected chi connectivity index (χ3v) is 1.37. The lowest BCUT2D eigenvalue weighted by Crippen LogP contribution is -2.11. The van der Waals surface area contributed by atoms with Crippen molar-refractivity contribution in [1.29, 1.82) is 0 Å². The Hall–Kier alpha value is -0.680. The van der Waals surface area contributed by atoms with E-state index in [2.05, 4.69) is 10.3 Å². The van der Waals surface area contributed by atoms with E-state index in [-0.39, 0.29) is 4.91 Å². The van der Waals surface area contributed by atoms with Gasteiger partial charge in [0, 0.05) is 6.20 Å². The molecule has 0 atom stereocenters. The van der Waals surface area contributed by atoms with Gasteiger partial charge in [0.2, 0.25) is 0 Å². The minimum absolute atomic E-state index is 0.282.